The molecule has 23 heavy (non-hydrogen) atoms. The summed E-state index contributed by atoms with van der Waals surface area (Å²) in [5, 5.41) is 5.71. The molecule has 1 saturated carbocycles. The molecule has 0 bridgehead atoms. The van der Waals surface area contributed by atoms with E-state index in [4.69, 9.17) is 0 Å². The van der Waals surface area contributed by atoms with E-state index in [9.17, 15) is 13.6 Å². The molecule has 1 aliphatic carbocycles. The van der Waals surface area contributed by atoms with Crippen LogP contribution >= 0.6 is 11.3 Å². The van der Waals surface area contributed by atoms with E-state index >= 15 is 0 Å². The van der Waals surface area contributed by atoms with Crippen molar-refractivity contribution in [1.29, 1.82) is 0 Å². The fourth-order valence-corrected chi connectivity index (χ4v) is 3.15. The van der Waals surface area contributed by atoms with Crippen LogP contribution in [0.25, 0.3) is 0 Å². The zero-order valence-corrected chi connectivity index (χ0v) is 13.3. The number of thiazole rings is 1. The second-order valence-corrected chi connectivity index (χ2v) is 6.45. The Labute approximate surface area is 136 Å². The van der Waals surface area contributed by atoms with Crippen LogP contribution in [0.15, 0.2) is 24.0 Å². The number of urea groups is 1. The molecule has 9 heteroatoms. The topological polar surface area (TPSA) is 63.1 Å². The summed E-state index contributed by atoms with van der Waals surface area (Å²) in [5.41, 5.74) is 0. The van der Waals surface area contributed by atoms with E-state index in [0.29, 0.717) is 5.92 Å². The Balaban J connectivity index is 1.64. The van der Waals surface area contributed by atoms with Crippen LogP contribution < -0.4 is 5.32 Å². The van der Waals surface area contributed by atoms with Gasteiger partial charge in [0.2, 0.25) is 0 Å². The van der Waals surface area contributed by atoms with E-state index in [1.807, 2.05) is 5.38 Å². The molecule has 0 spiro atoms. The van der Waals surface area contributed by atoms with Gasteiger partial charge in [0.1, 0.15) is 10.8 Å². The Morgan fingerprint density at radius 2 is 2.26 bits per heavy atom. The molecule has 6 nitrogen and oxygen atoms in total. The Morgan fingerprint density at radius 3 is 2.87 bits per heavy atom. The largest absolute Gasteiger partial charge is 0.328 e. The van der Waals surface area contributed by atoms with Gasteiger partial charge in [-0.2, -0.15) is 8.78 Å². The summed E-state index contributed by atoms with van der Waals surface area (Å²) in [6.45, 7) is -2.66. The van der Waals surface area contributed by atoms with Crippen LogP contribution in [-0.4, -0.2) is 32.5 Å². The van der Waals surface area contributed by atoms with E-state index in [2.05, 4.69) is 15.3 Å². The summed E-state index contributed by atoms with van der Waals surface area (Å²) < 4.78 is 26.4. The van der Waals surface area contributed by atoms with Crippen LogP contribution in [0.3, 0.4) is 0 Å². The highest BCUT2D eigenvalue weighted by Gasteiger charge is 2.35. The molecule has 2 aromatic heterocycles. The number of aromatic nitrogens is 3. The number of imidazole rings is 1. The Bertz CT molecular complexity index is 656. The zero-order valence-electron chi connectivity index (χ0n) is 12.5. The molecule has 0 saturated heterocycles. The summed E-state index contributed by atoms with van der Waals surface area (Å²) in [4.78, 5) is 21.9. The number of halogens is 2. The monoisotopic (exact) mass is 341 g/mol. The first-order chi connectivity index (χ1) is 11.1. The van der Waals surface area contributed by atoms with Gasteiger partial charge in [-0.3, -0.25) is 4.57 Å². The number of hydrogen-bond donors (Lipinski definition) is 1. The molecular weight excluding hydrogens is 324 g/mol. The van der Waals surface area contributed by atoms with Gasteiger partial charge in [-0.15, -0.1) is 11.3 Å². The molecule has 124 valence electrons. The predicted octanol–water partition coefficient (Wildman–Crippen LogP) is 3.03. The molecule has 2 amide bonds. The second kappa shape index (κ2) is 6.61. The van der Waals surface area contributed by atoms with Crippen molar-refractivity contribution in [2.24, 2.45) is 5.92 Å². The average Bonchev–Trinajstić information content (AvgIpc) is 3.01. The number of alkyl halides is 2. The minimum Gasteiger partial charge on any atom is -0.328 e. The van der Waals surface area contributed by atoms with Crippen molar-refractivity contribution in [3.05, 3.63) is 34.8 Å². The van der Waals surface area contributed by atoms with Gasteiger partial charge in [-0.1, -0.05) is 0 Å². The number of nitrogens with zero attached hydrogens (tertiary/aromatic N) is 4. The molecule has 0 unspecified atom stereocenters. The van der Waals surface area contributed by atoms with Crippen molar-refractivity contribution in [1.82, 2.24) is 24.8 Å². The Kier molecular flexibility index (Phi) is 4.56. The summed E-state index contributed by atoms with van der Waals surface area (Å²) in [6.07, 6.45) is 6.34. The van der Waals surface area contributed by atoms with Crippen molar-refractivity contribution < 1.29 is 13.6 Å². The number of rotatable bonds is 6. The molecular formula is C14H17F2N5OS. The Hall–Kier alpha value is -2.03. The molecule has 2 aromatic rings. The lowest BCUT2D eigenvalue weighted by atomic mass is 10.2. The van der Waals surface area contributed by atoms with Crippen LogP contribution in [0.5, 0.6) is 0 Å². The first-order valence-electron chi connectivity index (χ1n) is 7.27. The van der Waals surface area contributed by atoms with Gasteiger partial charge in [0.05, 0.1) is 12.6 Å². The predicted molar refractivity (Wildman–Crippen MR) is 81.1 cm³/mol. The minimum atomic E-state index is -2.67. The molecule has 0 aromatic carbocycles. The normalized spacial score (nSPS) is 15.7. The summed E-state index contributed by atoms with van der Waals surface area (Å²) in [7, 11) is 1.56. The van der Waals surface area contributed by atoms with Crippen molar-refractivity contribution >= 4 is 17.4 Å². The van der Waals surface area contributed by atoms with Crippen molar-refractivity contribution in [2.75, 3.05) is 7.05 Å². The van der Waals surface area contributed by atoms with E-state index < -0.39 is 6.55 Å². The third kappa shape index (κ3) is 3.66. The highest BCUT2D eigenvalue weighted by atomic mass is 32.1. The smallest absolute Gasteiger partial charge is 0.319 e. The highest BCUT2D eigenvalue weighted by molar-refractivity contribution is 7.09. The van der Waals surface area contributed by atoms with Crippen LogP contribution in [0, 0.1) is 5.92 Å². The maximum atomic E-state index is 12.8. The third-order valence-corrected chi connectivity index (χ3v) is 4.63. The lowest BCUT2D eigenvalue weighted by molar-refractivity contribution is 0.0650. The van der Waals surface area contributed by atoms with Crippen LogP contribution in [0.4, 0.5) is 13.6 Å². The van der Waals surface area contributed by atoms with Crippen LogP contribution in [0.2, 0.25) is 0 Å². The van der Waals surface area contributed by atoms with Crippen LogP contribution in [-0.2, 0) is 6.54 Å². The molecule has 1 aliphatic rings. The maximum Gasteiger partial charge on any atom is 0.319 e. The summed E-state index contributed by atoms with van der Waals surface area (Å²) >= 11 is 1.50. The number of carbonyl (C=O) groups is 1. The van der Waals surface area contributed by atoms with Gasteiger partial charge in [-0.05, 0) is 18.8 Å². The van der Waals surface area contributed by atoms with Crippen molar-refractivity contribution in [2.45, 2.75) is 32.0 Å². The fraction of sp³-hybridized carbons (Fsp3) is 0.500. The summed E-state index contributed by atoms with van der Waals surface area (Å²) in [5.74, 6) is 0.552. The van der Waals surface area contributed by atoms with E-state index in [1.54, 1.807) is 13.2 Å². The molecule has 1 atom stereocenters. The lowest BCUT2D eigenvalue weighted by Gasteiger charge is -2.22. The van der Waals surface area contributed by atoms with Gasteiger partial charge in [0, 0.05) is 31.0 Å². The number of hydrogen-bond acceptors (Lipinski definition) is 4. The van der Waals surface area contributed by atoms with Crippen molar-refractivity contribution in [3.8, 4) is 0 Å². The van der Waals surface area contributed by atoms with E-state index in [-0.39, 0.29) is 24.4 Å². The second-order valence-electron chi connectivity index (χ2n) is 5.52. The number of carbonyl (C=O) groups excluding carboxylic acids is 1. The third-order valence-electron chi connectivity index (χ3n) is 3.77. The first kappa shape index (κ1) is 15.9. The lowest BCUT2D eigenvalue weighted by Crippen LogP contribution is -2.40. The molecule has 1 fully saturated rings. The van der Waals surface area contributed by atoms with Gasteiger partial charge in [-0.25, -0.2) is 14.8 Å². The van der Waals surface area contributed by atoms with Gasteiger partial charge in [0.25, 0.3) is 0 Å². The standard InChI is InChI=1S/C14H17F2N5OS/c1-20(8-10-17-4-6-21(10)13(15)16)14(22)19-11(9-2-3-9)12-18-5-7-23-12/h4-7,9,11,13H,2-3,8H2,1H3,(H,19,22)/t11-/m0/s1. The SMILES string of the molecule is CN(Cc1nccn1C(F)F)C(=O)N[C@H](c1nccs1)C1CC1. The van der Waals surface area contributed by atoms with Gasteiger partial charge in [0.15, 0.2) is 0 Å². The van der Waals surface area contributed by atoms with Gasteiger partial charge >= 0.3 is 12.6 Å². The van der Waals surface area contributed by atoms with E-state index in [0.717, 1.165) is 22.4 Å². The fourth-order valence-electron chi connectivity index (χ4n) is 2.37. The maximum absolute atomic E-state index is 12.8. The highest BCUT2D eigenvalue weighted by Crippen LogP contribution is 2.41. The molecule has 0 radical (unpaired) electrons. The summed E-state index contributed by atoms with van der Waals surface area (Å²) in [6, 6.07) is -0.430. The number of amides is 2. The quantitative estimate of drug-likeness (QED) is 0.878. The molecule has 0 aliphatic heterocycles. The molecule has 2 heterocycles. The van der Waals surface area contributed by atoms with Crippen LogP contribution in [0.1, 0.15) is 36.3 Å². The van der Waals surface area contributed by atoms with Gasteiger partial charge < -0.3 is 10.2 Å². The van der Waals surface area contributed by atoms with Crippen molar-refractivity contribution in [3.63, 3.8) is 0 Å². The minimum absolute atomic E-state index is 0.0123. The first-order valence-corrected chi connectivity index (χ1v) is 8.15. The average molecular weight is 341 g/mol. The Morgan fingerprint density at radius 1 is 1.48 bits per heavy atom. The molecule has 3 rings (SSSR count). The zero-order chi connectivity index (χ0) is 16.4. The molecule has 1 N–H and O–H groups in total. The number of nitrogens with one attached hydrogen (secondary N) is 1. The van der Waals surface area contributed by atoms with E-state index in [1.165, 1.54) is 28.6 Å².